The summed E-state index contributed by atoms with van der Waals surface area (Å²) in [7, 11) is -3.61. The minimum Gasteiger partial charge on any atom is -0.396 e. The molecule has 1 aromatic carbocycles. The van der Waals surface area contributed by atoms with Crippen LogP contribution in [-0.2, 0) is 10.0 Å². The molecule has 0 spiro atoms. The van der Waals surface area contributed by atoms with Gasteiger partial charge in [-0.2, -0.15) is 0 Å². The zero-order chi connectivity index (χ0) is 14.9. The van der Waals surface area contributed by atoms with E-state index < -0.39 is 10.0 Å². The highest BCUT2D eigenvalue weighted by Gasteiger charge is 2.34. The molecule has 5 nitrogen and oxygen atoms in total. The topological polar surface area (TPSA) is 79.3 Å². The van der Waals surface area contributed by atoms with E-state index in [1.807, 2.05) is 0 Å². The second-order valence-corrected chi connectivity index (χ2v) is 7.09. The maximum atomic E-state index is 12.6. The third kappa shape index (κ3) is 3.07. The van der Waals surface area contributed by atoms with Crippen LogP contribution in [0, 0.1) is 5.92 Å². The molecule has 1 aromatic heterocycles. The van der Waals surface area contributed by atoms with Crippen molar-refractivity contribution in [2.24, 2.45) is 5.92 Å². The van der Waals surface area contributed by atoms with Gasteiger partial charge in [0.1, 0.15) is 0 Å². The molecule has 0 amide bonds. The van der Waals surface area contributed by atoms with E-state index in [0.717, 1.165) is 12.8 Å². The van der Waals surface area contributed by atoms with Gasteiger partial charge in [0, 0.05) is 24.2 Å². The Labute approximate surface area is 124 Å². The minimum absolute atomic E-state index is 0.0131. The molecule has 3 rings (SSSR count). The largest absolute Gasteiger partial charge is 0.396 e. The molecule has 0 bridgehead atoms. The summed E-state index contributed by atoms with van der Waals surface area (Å²) in [5.74, 6) is 0.347. The molecule has 0 aliphatic heterocycles. The lowest BCUT2D eigenvalue weighted by Crippen LogP contribution is -2.37. The van der Waals surface area contributed by atoms with Crippen molar-refractivity contribution in [3.05, 3.63) is 36.5 Å². The standard InChI is InChI=1S/C15H18N2O3S/c18-10-8-13(11-6-7-11)17-21(19,20)15-5-1-4-14-12(15)3-2-9-16-14/h1-5,9,11,13,17-18H,6-8,10H2. The first kappa shape index (κ1) is 14.4. The van der Waals surface area contributed by atoms with Gasteiger partial charge < -0.3 is 5.11 Å². The van der Waals surface area contributed by atoms with Crippen molar-refractivity contribution in [3.8, 4) is 0 Å². The Balaban J connectivity index is 1.96. The van der Waals surface area contributed by atoms with Crippen molar-refractivity contribution in [3.63, 3.8) is 0 Å². The summed E-state index contributed by atoms with van der Waals surface area (Å²) in [6, 6.07) is 8.38. The van der Waals surface area contributed by atoms with E-state index in [4.69, 9.17) is 5.11 Å². The molecule has 1 aliphatic rings. The van der Waals surface area contributed by atoms with Crippen LogP contribution < -0.4 is 4.72 Å². The zero-order valence-corrected chi connectivity index (χ0v) is 12.4. The summed E-state index contributed by atoms with van der Waals surface area (Å²) in [5, 5.41) is 9.72. The van der Waals surface area contributed by atoms with Gasteiger partial charge in [0.15, 0.2) is 0 Å². The lowest BCUT2D eigenvalue weighted by Gasteiger charge is -2.18. The van der Waals surface area contributed by atoms with Gasteiger partial charge in [-0.05, 0) is 49.4 Å². The number of aromatic nitrogens is 1. The van der Waals surface area contributed by atoms with Crippen LogP contribution in [0.3, 0.4) is 0 Å². The summed E-state index contributed by atoms with van der Waals surface area (Å²) in [4.78, 5) is 4.43. The van der Waals surface area contributed by atoms with Gasteiger partial charge in [0.25, 0.3) is 0 Å². The van der Waals surface area contributed by atoms with Gasteiger partial charge in [-0.3, -0.25) is 4.98 Å². The number of pyridine rings is 1. The number of benzene rings is 1. The third-order valence-electron chi connectivity index (χ3n) is 3.83. The highest BCUT2D eigenvalue weighted by molar-refractivity contribution is 7.89. The van der Waals surface area contributed by atoms with Gasteiger partial charge in [-0.25, -0.2) is 13.1 Å². The number of nitrogens with zero attached hydrogens (tertiary/aromatic N) is 1. The first-order valence-electron chi connectivity index (χ1n) is 7.09. The molecule has 112 valence electrons. The molecule has 1 atom stereocenters. The quantitative estimate of drug-likeness (QED) is 0.851. The molecule has 1 aliphatic carbocycles. The average molecular weight is 306 g/mol. The van der Waals surface area contributed by atoms with Gasteiger partial charge in [0.05, 0.1) is 10.4 Å². The molecule has 21 heavy (non-hydrogen) atoms. The lowest BCUT2D eigenvalue weighted by molar-refractivity contribution is 0.265. The van der Waals surface area contributed by atoms with Crippen molar-refractivity contribution in [1.82, 2.24) is 9.71 Å². The van der Waals surface area contributed by atoms with E-state index in [-0.39, 0.29) is 17.5 Å². The fourth-order valence-corrected chi connectivity index (χ4v) is 4.16. The highest BCUT2D eigenvalue weighted by Crippen LogP contribution is 2.35. The molecule has 2 N–H and O–H groups in total. The van der Waals surface area contributed by atoms with E-state index in [9.17, 15) is 8.42 Å². The Morgan fingerprint density at radius 1 is 1.29 bits per heavy atom. The third-order valence-corrected chi connectivity index (χ3v) is 5.38. The van der Waals surface area contributed by atoms with Gasteiger partial charge in [-0.15, -0.1) is 0 Å². The smallest absolute Gasteiger partial charge is 0.241 e. The Kier molecular flexibility index (Phi) is 3.93. The summed E-state index contributed by atoms with van der Waals surface area (Å²) in [6.45, 7) is -0.0131. The number of rotatable bonds is 6. The van der Waals surface area contributed by atoms with Gasteiger partial charge in [0.2, 0.25) is 10.0 Å². The number of hydrogen-bond donors (Lipinski definition) is 2. The highest BCUT2D eigenvalue weighted by atomic mass is 32.2. The fourth-order valence-electron chi connectivity index (χ4n) is 2.60. The zero-order valence-electron chi connectivity index (χ0n) is 11.6. The molecular weight excluding hydrogens is 288 g/mol. The first-order chi connectivity index (χ1) is 10.1. The molecule has 1 unspecified atom stereocenters. The van der Waals surface area contributed by atoms with E-state index in [2.05, 4.69) is 9.71 Å². The lowest BCUT2D eigenvalue weighted by atomic mass is 10.1. The fraction of sp³-hybridized carbons (Fsp3) is 0.400. The van der Waals surface area contributed by atoms with E-state index in [0.29, 0.717) is 23.2 Å². The van der Waals surface area contributed by atoms with E-state index in [1.54, 1.807) is 36.5 Å². The first-order valence-corrected chi connectivity index (χ1v) is 8.57. The Hall–Kier alpha value is -1.50. The normalized spacial score (nSPS) is 17.0. The Morgan fingerprint density at radius 2 is 2.10 bits per heavy atom. The number of sulfonamides is 1. The maximum Gasteiger partial charge on any atom is 0.241 e. The van der Waals surface area contributed by atoms with Crippen LogP contribution in [0.1, 0.15) is 19.3 Å². The van der Waals surface area contributed by atoms with Crippen LogP contribution in [0.15, 0.2) is 41.4 Å². The second-order valence-electron chi connectivity index (χ2n) is 5.40. The number of hydrogen-bond acceptors (Lipinski definition) is 4. The predicted octanol–water partition coefficient (Wildman–Crippen LogP) is 1.67. The van der Waals surface area contributed by atoms with Crippen molar-refractivity contribution < 1.29 is 13.5 Å². The summed E-state index contributed by atoms with van der Waals surface area (Å²) in [5.41, 5.74) is 0.658. The average Bonchev–Trinajstić information content (AvgIpc) is 3.30. The van der Waals surface area contributed by atoms with Crippen molar-refractivity contribution in [2.75, 3.05) is 6.61 Å². The number of aliphatic hydroxyl groups is 1. The maximum absolute atomic E-state index is 12.6. The molecule has 2 aromatic rings. The number of fused-ring (bicyclic) bond motifs is 1. The second kappa shape index (κ2) is 5.71. The van der Waals surface area contributed by atoms with Gasteiger partial charge >= 0.3 is 0 Å². The molecule has 1 saturated carbocycles. The summed E-state index contributed by atoms with van der Waals surface area (Å²) < 4.78 is 28.0. The van der Waals surface area contributed by atoms with Crippen LogP contribution in [0.5, 0.6) is 0 Å². The molecule has 1 fully saturated rings. The molecule has 6 heteroatoms. The van der Waals surface area contributed by atoms with Gasteiger partial charge in [-0.1, -0.05) is 6.07 Å². The van der Waals surface area contributed by atoms with Crippen LogP contribution in [0.4, 0.5) is 0 Å². The van der Waals surface area contributed by atoms with Crippen LogP contribution >= 0.6 is 0 Å². The summed E-state index contributed by atoms with van der Waals surface area (Å²) >= 11 is 0. The predicted molar refractivity (Wildman–Crippen MR) is 80.3 cm³/mol. The van der Waals surface area contributed by atoms with E-state index in [1.165, 1.54) is 0 Å². The molecule has 1 heterocycles. The van der Waals surface area contributed by atoms with Crippen molar-refractivity contribution in [1.29, 1.82) is 0 Å². The van der Waals surface area contributed by atoms with Crippen LogP contribution in [0.25, 0.3) is 10.9 Å². The SMILES string of the molecule is O=S(=O)(NC(CCO)C1CC1)c1cccc2ncccc12. The molecular formula is C15H18N2O3S. The van der Waals surface area contributed by atoms with Crippen LogP contribution in [0.2, 0.25) is 0 Å². The Morgan fingerprint density at radius 3 is 2.81 bits per heavy atom. The van der Waals surface area contributed by atoms with Crippen LogP contribution in [-0.4, -0.2) is 31.2 Å². The Bertz CT molecular complexity index is 736. The summed E-state index contributed by atoms with van der Waals surface area (Å²) in [6.07, 6.45) is 4.13. The molecule has 0 saturated heterocycles. The monoisotopic (exact) mass is 306 g/mol. The van der Waals surface area contributed by atoms with Crippen molar-refractivity contribution >= 4 is 20.9 Å². The van der Waals surface area contributed by atoms with E-state index >= 15 is 0 Å². The molecule has 0 radical (unpaired) electrons. The van der Waals surface area contributed by atoms with Crippen molar-refractivity contribution in [2.45, 2.75) is 30.2 Å². The number of nitrogens with one attached hydrogen (secondary N) is 1. The number of aliphatic hydroxyl groups excluding tert-OH is 1. The minimum atomic E-state index is -3.61.